The largest absolute Gasteiger partial charge is 0.463 e. The number of rotatable bonds is 3. The second-order valence-electron chi connectivity index (χ2n) is 4.97. The van der Waals surface area contributed by atoms with Gasteiger partial charge >= 0.3 is 0 Å². The lowest BCUT2D eigenvalue weighted by molar-refractivity contribution is 0.579. The van der Waals surface area contributed by atoms with Crippen molar-refractivity contribution in [2.75, 3.05) is 0 Å². The quantitative estimate of drug-likeness (QED) is 0.556. The SMILES string of the molecule is N#CCc1c(-c2ccc(F)cc2)nc2scc(-c3ccco3)n12. The van der Waals surface area contributed by atoms with Crippen LogP contribution in [0.1, 0.15) is 5.69 Å². The van der Waals surface area contributed by atoms with Gasteiger partial charge in [-0.15, -0.1) is 11.3 Å². The highest BCUT2D eigenvalue weighted by Gasteiger charge is 2.19. The van der Waals surface area contributed by atoms with E-state index in [0.29, 0.717) is 5.69 Å². The summed E-state index contributed by atoms with van der Waals surface area (Å²) in [4.78, 5) is 5.41. The number of imidazole rings is 1. The van der Waals surface area contributed by atoms with Crippen LogP contribution in [0.25, 0.3) is 27.7 Å². The molecule has 0 unspecified atom stereocenters. The minimum absolute atomic E-state index is 0.207. The predicted octanol–water partition coefficient (Wildman–Crippen LogP) is 4.53. The number of nitrogens with zero attached hydrogens (tertiary/aromatic N) is 3. The molecule has 0 radical (unpaired) electrons. The van der Waals surface area contributed by atoms with Gasteiger partial charge in [-0.25, -0.2) is 9.37 Å². The van der Waals surface area contributed by atoms with Gasteiger partial charge < -0.3 is 4.42 Å². The lowest BCUT2D eigenvalue weighted by Gasteiger charge is -2.03. The molecule has 0 amide bonds. The molecule has 0 aliphatic rings. The molecule has 0 saturated carbocycles. The van der Waals surface area contributed by atoms with E-state index in [1.54, 1.807) is 18.4 Å². The third-order valence-corrected chi connectivity index (χ3v) is 4.42. The first kappa shape index (κ1) is 13.7. The number of furan rings is 1. The topological polar surface area (TPSA) is 54.2 Å². The number of nitriles is 1. The van der Waals surface area contributed by atoms with E-state index in [1.165, 1.54) is 23.5 Å². The van der Waals surface area contributed by atoms with Crippen molar-refractivity contribution < 1.29 is 8.81 Å². The van der Waals surface area contributed by atoms with Gasteiger partial charge in [0.15, 0.2) is 10.7 Å². The van der Waals surface area contributed by atoms with Crippen LogP contribution in [0.2, 0.25) is 0 Å². The summed E-state index contributed by atoms with van der Waals surface area (Å²) in [5.74, 6) is 0.423. The fraction of sp³-hybridized carbons (Fsp3) is 0.0588. The molecule has 0 fully saturated rings. The van der Waals surface area contributed by atoms with Crippen LogP contribution >= 0.6 is 11.3 Å². The maximum absolute atomic E-state index is 13.2. The van der Waals surface area contributed by atoms with Crippen LogP contribution in [0.5, 0.6) is 0 Å². The molecule has 0 aliphatic heterocycles. The van der Waals surface area contributed by atoms with E-state index in [1.807, 2.05) is 21.9 Å². The average molecular weight is 323 g/mol. The molecule has 1 aromatic carbocycles. The zero-order valence-electron chi connectivity index (χ0n) is 11.9. The van der Waals surface area contributed by atoms with Crippen molar-refractivity contribution in [1.82, 2.24) is 9.38 Å². The number of halogens is 1. The highest BCUT2D eigenvalue weighted by atomic mass is 32.1. The standard InChI is InChI=1S/C17H10FN3OS/c18-12-5-3-11(4-6-12)16-13(7-8-19)21-14(10-23-17(21)20-16)15-2-1-9-22-15/h1-6,9-10H,7H2. The summed E-state index contributed by atoms with van der Waals surface area (Å²) in [6.45, 7) is 0. The van der Waals surface area contributed by atoms with E-state index in [-0.39, 0.29) is 12.2 Å². The zero-order chi connectivity index (χ0) is 15.8. The first-order valence-corrected chi connectivity index (χ1v) is 7.81. The summed E-state index contributed by atoms with van der Waals surface area (Å²) in [6, 6.07) is 12.0. The Morgan fingerprint density at radius 1 is 1.26 bits per heavy atom. The summed E-state index contributed by atoms with van der Waals surface area (Å²) in [5, 5.41) is 11.2. The van der Waals surface area contributed by atoms with Crippen molar-refractivity contribution in [2.24, 2.45) is 0 Å². The Kier molecular flexibility index (Phi) is 3.21. The van der Waals surface area contributed by atoms with Crippen LogP contribution in [-0.2, 0) is 6.42 Å². The van der Waals surface area contributed by atoms with Crippen molar-refractivity contribution in [1.29, 1.82) is 5.26 Å². The summed E-state index contributed by atoms with van der Waals surface area (Å²) < 4.78 is 20.6. The van der Waals surface area contributed by atoms with Gasteiger partial charge in [-0.3, -0.25) is 4.40 Å². The molecular formula is C17H10FN3OS. The highest BCUT2D eigenvalue weighted by Crippen LogP contribution is 2.33. The number of hydrogen-bond donors (Lipinski definition) is 0. The van der Waals surface area contributed by atoms with Gasteiger partial charge in [-0.2, -0.15) is 5.26 Å². The Labute approximate surface area is 135 Å². The van der Waals surface area contributed by atoms with E-state index < -0.39 is 0 Å². The van der Waals surface area contributed by atoms with Crippen LogP contribution in [0, 0.1) is 17.1 Å². The number of thiazole rings is 1. The van der Waals surface area contributed by atoms with E-state index in [4.69, 9.17) is 4.42 Å². The lowest BCUT2D eigenvalue weighted by atomic mass is 10.1. The zero-order valence-corrected chi connectivity index (χ0v) is 12.7. The van der Waals surface area contributed by atoms with Gasteiger partial charge in [0, 0.05) is 10.9 Å². The summed E-state index contributed by atoms with van der Waals surface area (Å²) in [7, 11) is 0. The summed E-state index contributed by atoms with van der Waals surface area (Å²) >= 11 is 1.48. The van der Waals surface area contributed by atoms with Crippen molar-refractivity contribution >= 4 is 16.3 Å². The van der Waals surface area contributed by atoms with Gasteiger partial charge in [-0.1, -0.05) is 0 Å². The third-order valence-electron chi connectivity index (χ3n) is 3.60. The Bertz CT molecular complexity index is 1010. The van der Waals surface area contributed by atoms with E-state index in [0.717, 1.165) is 27.7 Å². The van der Waals surface area contributed by atoms with E-state index >= 15 is 0 Å². The predicted molar refractivity (Wildman–Crippen MR) is 85.5 cm³/mol. The number of hydrogen-bond acceptors (Lipinski definition) is 4. The molecule has 0 spiro atoms. The lowest BCUT2D eigenvalue weighted by Crippen LogP contribution is -1.94. The normalized spacial score (nSPS) is 11.0. The van der Waals surface area contributed by atoms with Crippen molar-refractivity contribution in [3.05, 3.63) is 59.6 Å². The minimum Gasteiger partial charge on any atom is -0.463 e. The fourth-order valence-electron chi connectivity index (χ4n) is 2.59. The van der Waals surface area contributed by atoms with E-state index in [9.17, 15) is 9.65 Å². The molecule has 0 bridgehead atoms. The Hall–Kier alpha value is -2.91. The number of benzene rings is 1. The molecule has 3 aromatic heterocycles. The second kappa shape index (κ2) is 5.38. The van der Waals surface area contributed by atoms with Crippen LogP contribution in [0.15, 0.2) is 52.5 Å². The molecule has 0 atom stereocenters. The van der Waals surface area contributed by atoms with Crippen LogP contribution in [-0.4, -0.2) is 9.38 Å². The molecule has 0 saturated heterocycles. The Morgan fingerprint density at radius 2 is 2.09 bits per heavy atom. The van der Waals surface area contributed by atoms with Gasteiger partial charge in [0.25, 0.3) is 0 Å². The third kappa shape index (κ3) is 2.22. The molecule has 112 valence electrons. The molecular weight excluding hydrogens is 313 g/mol. The first-order valence-electron chi connectivity index (χ1n) is 6.93. The van der Waals surface area contributed by atoms with Gasteiger partial charge in [-0.05, 0) is 36.4 Å². The molecule has 4 nitrogen and oxygen atoms in total. The molecule has 0 N–H and O–H groups in total. The molecule has 23 heavy (non-hydrogen) atoms. The number of aromatic nitrogens is 2. The minimum atomic E-state index is -0.298. The van der Waals surface area contributed by atoms with E-state index in [2.05, 4.69) is 11.1 Å². The Balaban J connectivity index is 1.97. The molecule has 6 heteroatoms. The van der Waals surface area contributed by atoms with Crippen molar-refractivity contribution in [3.8, 4) is 28.8 Å². The highest BCUT2D eigenvalue weighted by molar-refractivity contribution is 7.15. The smallest absolute Gasteiger partial charge is 0.195 e. The van der Waals surface area contributed by atoms with Gasteiger partial charge in [0.05, 0.1) is 30.1 Å². The summed E-state index contributed by atoms with van der Waals surface area (Å²) in [6.07, 6.45) is 1.82. The van der Waals surface area contributed by atoms with Gasteiger partial charge in [0.2, 0.25) is 0 Å². The molecule has 4 aromatic rings. The Morgan fingerprint density at radius 3 is 2.78 bits per heavy atom. The molecule has 0 aliphatic carbocycles. The molecule has 4 rings (SSSR count). The summed E-state index contributed by atoms with van der Waals surface area (Å²) in [5.41, 5.74) is 3.13. The van der Waals surface area contributed by atoms with Crippen LogP contribution < -0.4 is 0 Å². The fourth-order valence-corrected chi connectivity index (χ4v) is 3.49. The second-order valence-corrected chi connectivity index (χ2v) is 5.80. The van der Waals surface area contributed by atoms with Gasteiger partial charge in [0.1, 0.15) is 11.5 Å². The molecule has 3 heterocycles. The monoisotopic (exact) mass is 323 g/mol. The number of fused-ring (bicyclic) bond motifs is 1. The van der Waals surface area contributed by atoms with Crippen molar-refractivity contribution in [2.45, 2.75) is 6.42 Å². The van der Waals surface area contributed by atoms with Crippen LogP contribution in [0.3, 0.4) is 0 Å². The van der Waals surface area contributed by atoms with Crippen molar-refractivity contribution in [3.63, 3.8) is 0 Å². The maximum atomic E-state index is 13.2. The first-order chi connectivity index (χ1) is 11.3. The maximum Gasteiger partial charge on any atom is 0.195 e. The van der Waals surface area contributed by atoms with Crippen LogP contribution in [0.4, 0.5) is 4.39 Å². The average Bonchev–Trinajstić information content (AvgIpc) is 3.26.